The molecule has 84 valence electrons. The SMILES string of the molecule is COC(C)OC(C)(C)N1CCCCC1. The van der Waals surface area contributed by atoms with Crippen LogP contribution in [0.2, 0.25) is 0 Å². The molecule has 1 saturated heterocycles. The lowest BCUT2D eigenvalue weighted by atomic mass is 10.1. The van der Waals surface area contributed by atoms with Crippen LogP contribution >= 0.6 is 0 Å². The van der Waals surface area contributed by atoms with E-state index < -0.39 is 0 Å². The summed E-state index contributed by atoms with van der Waals surface area (Å²) in [5.41, 5.74) is -0.199. The van der Waals surface area contributed by atoms with Crippen LogP contribution < -0.4 is 0 Å². The van der Waals surface area contributed by atoms with Gasteiger partial charge in [-0.25, -0.2) is 0 Å². The molecule has 1 atom stereocenters. The molecule has 0 amide bonds. The molecule has 0 saturated carbocycles. The second-order valence-electron chi connectivity index (χ2n) is 4.42. The van der Waals surface area contributed by atoms with Crippen LogP contribution in [0, 0.1) is 0 Å². The van der Waals surface area contributed by atoms with Gasteiger partial charge in [-0.05, 0) is 33.6 Å². The average Bonchev–Trinajstić information content (AvgIpc) is 2.18. The number of nitrogens with zero attached hydrogens (tertiary/aromatic N) is 1. The largest absolute Gasteiger partial charge is 0.356 e. The molecule has 0 bridgehead atoms. The Hall–Kier alpha value is -0.120. The molecule has 1 heterocycles. The second kappa shape index (κ2) is 5.10. The summed E-state index contributed by atoms with van der Waals surface area (Å²) in [4.78, 5) is 2.39. The fraction of sp³-hybridized carbons (Fsp3) is 1.00. The normalized spacial score (nSPS) is 22.3. The maximum absolute atomic E-state index is 5.83. The van der Waals surface area contributed by atoms with Crippen molar-refractivity contribution in [2.45, 2.75) is 52.0 Å². The van der Waals surface area contributed by atoms with Gasteiger partial charge in [0.1, 0.15) is 5.72 Å². The van der Waals surface area contributed by atoms with Crippen molar-refractivity contribution in [1.82, 2.24) is 4.90 Å². The molecule has 3 nitrogen and oxygen atoms in total. The van der Waals surface area contributed by atoms with E-state index in [1.165, 1.54) is 19.3 Å². The maximum Gasteiger partial charge on any atom is 0.156 e. The van der Waals surface area contributed by atoms with E-state index in [9.17, 15) is 0 Å². The lowest BCUT2D eigenvalue weighted by molar-refractivity contribution is -0.234. The molecular formula is C11H23NO2. The summed E-state index contributed by atoms with van der Waals surface area (Å²) in [6.45, 7) is 8.46. The molecule has 0 spiro atoms. The number of rotatable bonds is 4. The molecule has 0 aromatic heterocycles. The molecule has 14 heavy (non-hydrogen) atoms. The van der Waals surface area contributed by atoms with Gasteiger partial charge in [0.15, 0.2) is 6.29 Å². The fourth-order valence-corrected chi connectivity index (χ4v) is 1.96. The van der Waals surface area contributed by atoms with Gasteiger partial charge >= 0.3 is 0 Å². The number of ether oxygens (including phenoxy) is 2. The summed E-state index contributed by atoms with van der Waals surface area (Å²) in [5, 5.41) is 0. The van der Waals surface area contributed by atoms with Crippen molar-refractivity contribution >= 4 is 0 Å². The highest BCUT2D eigenvalue weighted by molar-refractivity contribution is 4.75. The van der Waals surface area contributed by atoms with Crippen LogP contribution in [-0.2, 0) is 9.47 Å². The number of piperidine rings is 1. The summed E-state index contributed by atoms with van der Waals surface area (Å²) in [6, 6.07) is 0. The van der Waals surface area contributed by atoms with E-state index in [2.05, 4.69) is 18.7 Å². The van der Waals surface area contributed by atoms with E-state index in [1.54, 1.807) is 7.11 Å². The van der Waals surface area contributed by atoms with Gasteiger partial charge in [0.05, 0.1) is 0 Å². The second-order valence-corrected chi connectivity index (χ2v) is 4.42. The molecule has 1 aliphatic rings. The fourth-order valence-electron chi connectivity index (χ4n) is 1.96. The van der Waals surface area contributed by atoms with E-state index in [1.807, 2.05) is 6.92 Å². The van der Waals surface area contributed by atoms with Crippen molar-refractivity contribution in [3.63, 3.8) is 0 Å². The summed E-state index contributed by atoms with van der Waals surface area (Å²) >= 11 is 0. The van der Waals surface area contributed by atoms with Gasteiger partial charge in [0.25, 0.3) is 0 Å². The third-order valence-electron chi connectivity index (χ3n) is 2.90. The summed E-state index contributed by atoms with van der Waals surface area (Å²) < 4.78 is 11.0. The third-order valence-corrected chi connectivity index (χ3v) is 2.90. The molecule has 1 aliphatic heterocycles. The van der Waals surface area contributed by atoms with Gasteiger partial charge in [-0.1, -0.05) is 6.42 Å². The average molecular weight is 201 g/mol. The predicted octanol–water partition coefficient (Wildman–Crippen LogP) is 2.22. The Bertz CT molecular complexity index is 165. The Morgan fingerprint density at radius 3 is 2.21 bits per heavy atom. The Labute approximate surface area is 87.4 Å². The highest BCUT2D eigenvalue weighted by Crippen LogP contribution is 2.23. The van der Waals surface area contributed by atoms with Gasteiger partial charge in [-0.2, -0.15) is 0 Å². The minimum atomic E-state index is -0.199. The predicted molar refractivity (Wildman–Crippen MR) is 57.1 cm³/mol. The van der Waals surface area contributed by atoms with Crippen molar-refractivity contribution in [2.24, 2.45) is 0 Å². The maximum atomic E-state index is 5.83. The molecule has 0 aliphatic carbocycles. The van der Waals surface area contributed by atoms with Gasteiger partial charge in [0, 0.05) is 20.2 Å². The van der Waals surface area contributed by atoms with Crippen LogP contribution in [0.25, 0.3) is 0 Å². The molecule has 3 heteroatoms. The van der Waals surface area contributed by atoms with E-state index in [-0.39, 0.29) is 12.0 Å². The van der Waals surface area contributed by atoms with Crippen LogP contribution in [0.3, 0.4) is 0 Å². The van der Waals surface area contributed by atoms with Crippen molar-refractivity contribution in [1.29, 1.82) is 0 Å². The van der Waals surface area contributed by atoms with E-state index >= 15 is 0 Å². The zero-order valence-electron chi connectivity index (χ0n) is 9.88. The molecule has 0 aromatic carbocycles. The first-order valence-corrected chi connectivity index (χ1v) is 5.52. The van der Waals surface area contributed by atoms with Crippen molar-refractivity contribution in [3.8, 4) is 0 Å². The van der Waals surface area contributed by atoms with Gasteiger partial charge < -0.3 is 9.47 Å². The monoisotopic (exact) mass is 201 g/mol. The van der Waals surface area contributed by atoms with Crippen LogP contribution in [0.1, 0.15) is 40.0 Å². The van der Waals surface area contributed by atoms with E-state index in [0.717, 1.165) is 13.1 Å². The minimum absolute atomic E-state index is 0.132. The summed E-state index contributed by atoms with van der Waals surface area (Å²) in [7, 11) is 1.68. The smallest absolute Gasteiger partial charge is 0.156 e. The zero-order valence-corrected chi connectivity index (χ0v) is 9.88. The lowest BCUT2D eigenvalue weighted by Crippen LogP contribution is -2.50. The highest BCUT2D eigenvalue weighted by atomic mass is 16.7. The quantitative estimate of drug-likeness (QED) is 0.651. The minimum Gasteiger partial charge on any atom is -0.356 e. The number of likely N-dealkylation sites (tertiary alicyclic amines) is 1. The van der Waals surface area contributed by atoms with E-state index in [0.29, 0.717) is 0 Å². The number of methoxy groups -OCH3 is 1. The Morgan fingerprint density at radius 1 is 1.14 bits per heavy atom. The summed E-state index contributed by atoms with van der Waals surface area (Å²) in [6.07, 6.45) is 3.79. The Kier molecular flexibility index (Phi) is 4.35. The molecule has 1 unspecified atom stereocenters. The van der Waals surface area contributed by atoms with Crippen LogP contribution in [-0.4, -0.2) is 37.1 Å². The molecule has 0 aromatic rings. The number of hydrogen-bond donors (Lipinski definition) is 0. The third kappa shape index (κ3) is 3.23. The lowest BCUT2D eigenvalue weighted by Gasteiger charge is -2.41. The van der Waals surface area contributed by atoms with Gasteiger partial charge in [0.2, 0.25) is 0 Å². The van der Waals surface area contributed by atoms with Crippen molar-refractivity contribution in [2.75, 3.05) is 20.2 Å². The molecule has 0 radical (unpaired) electrons. The van der Waals surface area contributed by atoms with E-state index in [4.69, 9.17) is 9.47 Å². The van der Waals surface area contributed by atoms with Crippen LogP contribution in [0.4, 0.5) is 0 Å². The molecular weight excluding hydrogens is 178 g/mol. The Morgan fingerprint density at radius 2 is 1.71 bits per heavy atom. The standard InChI is InChI=1S/C11H23NO2/c1-10(13-4)14-11(2,3)12-8-6-5-7-9-12/h10H,5-9H2,1-4H3. The first-order chi connectivity index (χ1) is 6.56. The number of hydrogen-bond acceptors (Lipinski definition) is 3. The Balaban J connectivity index is 2.45. The van der Waals surface area contributed by atoms with Gasteiger partial charge in [-0.15, -0.1) is 0 Å². The van der Waals surface area contributed by atoms with Crippen molar-refractivity contribution in [3.05, 3.63) is 0 Å². The zero-order chi connectivity index (χ0) is 10.6. The van der Waals surface area contributed by atoms with Crippen LogP contribution in [0.15, 0.2) is 0 Å². The topological polar surface area (TPSA) is 21.7 Å². The van der Waals surface area contributed by atoms with Gasteiger partial charge in [-0.3, -0.25) is 4.90 Å². The van der Waals surface area contributed by atoms with Crippen LogP contribution in [0.5, 0.6) is 0 Å². The highest BCUT2D eigenvalue weighted by Gasteiger charge is 2.30. The first kappa shape index (κ1) is 12.0. The first-order valence-electron chi connectivity index (χ1n) is 5.52. The molecule has 0 N–H and O–H groups in total. The van der Waals surface area contributed by atoms with Crippen molar-refractivity contribution < 1.29 is 9.47 Å². The summed E-state index contributed by atoms with van der Waals surface area (Å²) in [5.74, 6) is 0. The molecule has 1 fully saturated rings. The molecule has 1 rings (SSSR count).